The van der Waals surface area contributed by atoms with E-state index in [-0.39, 0.29) is 5.41 Å². The van der Waals surface area contributed by atoms with Crippen molar-refractivity contribution in [3.05, 3.63) is 85.3 Å². The number of carbonyl (C=O) groups is 2. The Morgan fingerprint density at radius 1 is 0.714 bits per heavy atom. The van der Waals surface area contributed by atoms with Crippen molar-refractivity contribution >= 4 is 23.6 Å². The third-order valence-electron chi connectivity index (χ3n) is 5.84. The number of benzene rings is 2. The normalized spacial score (nSPS) is 10.7. The van der Waals surface area contributed by atoms with E-state index in [1.54, 1.807) is 24.3 Å². The third-order valence-corrected chi connectivity index (χ3v) is 5.84. The fourth-order valence-electron chi connectivity index (χ4n) is 4.25. The van der Waals surface area contributed by atoms with E-state index in [4.69, 9.17) is 19.7 Å². The van der Waals surface area contributed by atoms with Crippen LogP contribution in [0.4, 0.5) is 21.0 Å². The van der Waals surface area contributed by atoms with Crippen molar-refractivity contribution < 1.29 is 29.3 Å². The topological polar surface area (TPSA) is 117 Å². The Morgan fingerprint density at radius 3 is 1.40 bits per heavy atom. The predicted octanol–water partition coefficient (Wildman–Crippen LogP) is 6.81. The summed E-state index contributed by atoms with van der Waals surface area (Å²) < 4.78 is 10.6. The first-order valence-corrected chi connectivity index (χ1v) is 11.6. The van der Waals surface area contributed by atoms with Gasteiger partial charge in [-0.2, -0.15) is 0 Å². The van der Waals surface area contributed by atoms with Gasteiger partial charge in [0, 0.05) is 16.8 Å². The van der Waals surface area contributed by atoms with Gasteiger partial charge in [0.15, 0.2) is 0 Å². The molecular formula is C27H34N2O6. The Balaban J connectivity index is 2.43. The number of ether oxygens (including phenoxy) is 2. The zero-order valence-electron chi connectivity index (χ0n) is 19.9. The zero-order chi connectivity index (χ0) is 25.5. The molecule has 0 saturated heterocycles. The van der Waals surface area contributed by atoms with E-state index in [2.05, 4.69) is 23.8 Å². The summed E-state index contributed by atoms with van der Waals surface area (Å²) in [4.78, 5) is 22.1. The molecule has 2 rings (SSSR count). The summed E-state index contributed by atoms with van der Waals surface area (Å²) in [5, 5.41) is 22.8. The lowest BCUT2D eigenvalue weighted by Gasteiger charge is -2.36. The molecule has 0 aliphatic rings. The summed E-state index contributed by atoms with van der Waals surface area (Å²) in [5.74, 6) is 0. The second kappa shape index (κ2) is 14.3. The van der Waals surface area contributed by atoms with Crippen LogP contribution in [-0.2, 0) is 14.9 Å². The molecule has 4 N–H and O–H groups in total. The Kier molecular flexibility index (Phi) is 11.2. The summed E-state index contributed by atoms with van der Waals surface area (Å²) in [6.07, 6.45) is 5.79. The van der Waals surface area contributed by atoms with Gasteiger partial charge in [-0.25, -0.2) is 9.59 Å². The summed E-state index contributed by atoms with van der Waals surface area (Å²) >= 11 is 0. The molecule has 2 amide bonds. The molecule has 188 valence electrons. The molecule has 0 aliphatic carbocycles. The number of rotatable bonds is 16. The summed E-state index contributed by atoms with van der Waals surface area (Å²) in [7, 11) is 0. The molecular weight excluding hydrogens is 448 g/mol. The lowest BCUT2D eigenvalue weighted by molar-refractivity contribution is 0.208. The molecule has 0 saturated carbocycles. The summed E-state index contributed by atoms with van der Waals surface area (Å²) in [6, 6.07) is 14.9. The van der Waals surface area contributed by atoms with Crippen LogP contribution in [0, 0.1) is 0 Å². The van der Waals surface area contributed by atoms with Gasteiger partial charge in [0.25, 0.3) is 0 Å². The average Bonchev–Trinajstić information content (AvgIpc) is 2.83. The van der Waals surface area contributed by atoms with Gasteiger partial charge in [-0.15, -0.1) is 0 Å². The van der Waals surface area contributed by atoms with Gasteiger partial charge >= 0.3 is 12.2 Å². The van der Waals surface area contributed by atoms with Gasteiger partial charge in [-0.3, -0.25) is 10.6 Å². The van der Waals surface area contributed by atoms with E-state index in [1.807, 2.05) is 24.3 Å². The smallest absolute Gasteiger partial charge is 0.409 e. The number of carboxylic acid groups (broad SMARTS) is 2. The fraction of sp³-hybridized carbons (Fsp3) is 0.333. The second-order valence-electron chi connectivity index (χ2n) is 8.09. The standard InChI is InChI=1S/C27H34N2O6/c1-3-34-19-7-5-17-27(18-6-8-20-35-4-2,21-9-13-23(14-10-21)28-25(30)31)22-11-15-24(16-12-22)29-26(32)33/h3-4,9-16,28-29H,1-2,5-8,17-20H2,(H,30,31)(H,32,33). The highest BCUT2D eigenvalue weighted by Crippen LogP contribution is 2.42. The molecule has 0 aliphatic heterocycles. The van der Waals surface area contributed by atoms with E-state index < -0.39 is 12.2 Å². The van der Waals surface area contributed by atoms with Gasteiger partial charge in [-0.05, 0) is 73.9 Å². The van der Waals surface area contributed by atoms with Crippen LogP contribution >= 0.6 is 0 Å². The van der Waals surface area contributed by atoms with Crippen LogP contribution in [0.5, 0.6) is 0 Å². The summed E-state index contributed by atoms with van der Waals surface area (Å²) in [6.45, 7) is 8.33. The first-order chi connectivity index (χ1) is 16.9. The predicted molar refractivity (Wildman–Crippen MR) is 137 cm³/mol. The van der Waals surface area contributed by atoms with Crippen molar-refractivity contribution in [2.24, 2.45) is 0 Å². The lowest BCUT2D eigenvalue weighted by Crippen LogP contribution is -2.28. The molecule has 0 heterocycles. The van der Waals surface area contributed by atoms with Gasteiger partial charge in [0.1, 0.15) is 0 Å². The van der Waals surface area contributed by atoms with E-state index in [0.29, 0.717) is 24.6 Å². The van der Waals surface area contributed by atoms with E-state index in [1.165, 1.54) is 12.5 Å². The summed E-state index contributed by atoms with van der Waals surface area (Å²) in [5.41, 5.74) is 2.74. The number of nitrogens with one attached hydrogen (secondary N) is 2. The molecule has 8 nitrogen and oxygen atoms in total. The van der Waals surface area contributed by atoms with E-state index in [9.17, 15) is 9.59 Å². The molecule has 0 unspecified atom stereocenters. The van der Waals surface area contributed by atoms with Crippen LogP contribution in [0.25, 0.3) is 0 Å². The molecule has 0 bridgehead atoms. The van der Waals surface area contributed by atoms with Gasteiger partial charge in [-0.1, -0.05) is 37.4 Å². The van der Waals surface area contributed by atoms with Crippen molar-refractivity contribution in [3.63, 3.8) is 0 Å². The molecule has 35 heavy (non-hydrogen) atoms. The number of anilines is 2. The minimum Gasteiger partial charge on any atom is -0.502 e. The van der Waals surface area contributed by atoms with E-state index in [0.717, 1.165) is 49.7 Å². The maximum absolute atomic E-state index is 11.0. The maximum Gasteiger partial charge on any atom is 0.409 e. The SMILES string of the molecule is C=COCCCCC(CCCCOC=C)(c1ccc(NC(=O)O)cc1)c1ccc(NC(=O)O)cc1. The monoisotopic (exact) mass is 482 g/mol. The largest absolute Gasteiger partial charge is 0.502 e. The molecule has 0 atom stereocenters. The van der Waals surface area contributed by atoms with Crippen molar-refractivity contribution in [2.45, 2.75) is 43.9 Å². The number of unbranched alkanes of at least 4 members (excludes halogenated alkanes) is 2. The molecule has 2 aromatic rings. The highest BCUT2D eigenvalue weighted by atomic mass is 16.5. The molecule has 0 aromatic heterocycles. The van der Waals surface area contributed by atoms with Crippen molar-refractivity contribution in [2.75, 3.05) is 23.8 Å². The molecule has 0 fully saturated rings. The zero-order valence-corrected chi connectivity index (χ0v) is 19.9. The molecule has 2 aromatic carbocycles. The Labute approximate surface area is 206 Å². The van der Waals surface area contributed by atoms with Crippen LogP contribution in [0.1, 0.15) is 49.7 Å². The van der Waals surface area contributed by atoms with Crippen LogP contribution in [0.3, 0.4) is 0 Å². The van der Waals surface area contributed by atoms with E-state index >= 15 is 0 Å². The molecule has 8 heteroatoms. The average molecular weight is 483 g/mol. The van der Waals surface area contributed by atoms with Crippen molar-refractivity contribution in [1.82, 2.24) is 0 Å². The Morgan fingerprint density at radius 2 is 1.09 bits per heavy atom. The highest BCUT2D eigenvalue weighted by Gasteiger charge is 2.33. The minimum absolute atomic E-state index is 0.369. The first kappa shape index (κ1) is 27.3. The quantitative estimate of drug-likeness (QED) is 0.154. The van der Waals surface area contributed by atoms with Gasteiger partial charge < -0.3 is 19.7 Å². The molecule has 0 radical (unpaired) electrons. The third kappa shape index (κ3) is 8.73. The second-order valence-corrected chi connectivity index (χ2v) is 8.09. The number of hydrogen-bond donors (Lipinski definition) is 4. The van der Waals surface area contributed by atoms with Gasteiger partial charge in [0.2, 0.25) is 0 Å². The number of amides is 2. The van der Waals surface area contributed by atoms with Crippen LogP contribution in [-0.4, -0.2) is 35.6 Å². The molecule has 0 spiro atoms. The maximum atomic E-state index is 11.0. The lowest BCUT2D eigenvalue weighted by atomic mass is 9.68. The van der Waals surface area contributed by atoms with Crippen molar-refractivity contribution in [3.8, 4) is 0 Å². The van der Waals surface area contributed by atoms with Crippen LogP contribution in [0.15, 0.2) is 74.2 Å². The van der Waals surface area contributed by atoms with Crippen LogP contribution in [0.2, 0.25) is 0 Å². The number of hydrogen-bond acceptors (Lipinski definition) is 4. The Bertz CT molecular complexity index is 877. The van der Waals surface area contributed by atoms with Crippen molar-refractivity contribution in [1.29, 1.82) is 0 Å². The highest BCUT2D eigenvalue weighted by molar-refractivity contribution is 5.83. The van der Waals surface area contributed by atoms with Gasteiger partial charge in [0.05, 0.1) is 25.7 Å². The minimum atomic E-state index is -1.12. The van der Waals surface area contributed by atoms with Crippen LogP contribution < -0.4 is 10.6 Å². The Hall–Kier alpha value is -3.94. The fourth-order valence-corrected chi connectivity index (χ4v) is 4.25. The first-order valence-electron chi connectivity index (χ1n) is 11.6.